The summed E-state index contributed by atoms with van der Waals surface area (Å²) in [6.07, 6.45) is -0.642. The molecule has 1 heterocycles. The third-order valence-electron chi connectivity index (χ3n) is 2.35. The summed E-state index contributed by atoms with van der Waals surface area (Å²) < 4.78 is 9.92. The first kappa shape index (κ1) is 15.1. The average Bonchev–Trinajstić information content (AvgIpc) is 2.88. The van der Waals surface area contributed by atoms with Crippen LogP contribution in [0.5, 0.6) is 0 Å². The third-order valence-corrected chi connectivity index (χ3v) is 3.20. The van der Waals surface area contributed by atoms with Crippen LogP contribution < -0.4 is 5.32 Å². The van der Waals surface area contributed by atoms with Crippen LogP contribution in [-0.2, 0) is 20.9 Å². The number of thiophene rings is 1. The van der Waals surface area contributed by atoms with Crippen LogP contribution in [0.2, 0.25) is 0 Å². The Kier molecular flexibility index (Phi) is 6.89. The van der Waals surface area contributed by atoms with Crippen molar-refractivity contribution in [2.24, 2.45) is 0 Å². The van der Waals surface area contributed by atoms with E-state index in [9.17, 15) is 9.90 Å². The van der Waals surface area contributed by atoms with Crippen molar-refractivity contribution in [3.63, 3.8) is 0 Å². The molecule has 2 atom stereocenters. The van der Waals surface area contributed by atoms with Crippen molar-refractivity contribution in [1.29, 1.82) is 0 Å². The van der Waals surface area contributed by atoms with E-state index in [1.54, 1.807) is 18.3 Å². The topological polar surface area (TPSA) is 67.8 Å². The molecule has 0 bridgehead atoms. The van der Waals surface area contributed by atoms with Gasteiger partial charge in [-0.1, -0.05) is 6.07 Å². The number of carbonyl (C=O) groups is 1. The highest BCUT2D eigenvalue weighted by Gasteiger charge is 2.14. The molecule has 0 aliphatic heterocycles. The van der Waals surface area contributed by atoms with E-state index >= 15 is 0 Å². The zero-order valence-electron chi connectivity index (χ0n) is 10.6. The molecule has 0 aliphatic rings. The minimum Gasteiger partial charge on any atom is -0.468 e. The summed E-state index contributed by atoms with van der Waals surface area (Å²) in [5.74, 6) is -0.346. The van der Waals surface area contributed by atoms with E-state index in [-0.39, 0.29) is 12.6 Å². The Balaban J connectivity index is 2.10. The van der Waals surface area contributed by atoms with E-state index in [1.807, 2.05) is 17.5 Å². The van der Waals surface area contributed by atoms with Crippen LogP contribution in [0, 0.1) is 0 Å². The summed E-state index contributed by atoms with van der Waals surface area (Å²) in [7, 11) is 1.33. The first-order valence-electron chi connectivity index (χ1n) is 5.73. The predicted octanol–water partition coefficient (Wildman–Crippen LogP) is 0.777. The zero-order valence-corrected chi connectivity index (χ0v) is 11.4. The minimum absolute atomic E-state index is 0.235. The van der Waals surface area contributed by atoms with Crippen LogP contribution in [0.3, 0.4) is 0 Å². The Morgan fingerprint density at radius 2 is 2.39 bits per heavy atom. The monoisotopic (exact) mass is 273 g/mol. The second kappa shape index (κ2) is 8.20. The van der Waals surface area contributed by atoms with Gasteiger partial charge in [-0.25, -0.2) is 0 Å². The molecule has 1 rings (SSSR count). The van der Waals surface area contributed by atoms with Gasteiger partial charge >= 0.3 is 5.97 Å². The molecular formula is C12H19NO4S. The molecular weight excluding hydrogens is 254 g/mol. The normalized spacial score (nSPS) is 14.2. The highest BCUT2D eigenvalue weighted by Crippen LogP contribution is 2.09. The molecule has 1 aromatic rings. The smallest absolute Gasteiger partial charge is 0.322 e. The second-order valence-corrected chi connectivity index (χ2v) is 4.93. The molecule has 2 N–H and O–H groups in total. The molecule has 0 saturated heterocycles. The lowest BCUT2D eigenvalue weighted by Crippen LogP contribution is -2.40. The molecule has 0 fully saturated rings. The van der Waals surface area contributed by atoms with Gasteiger partial charge in [-0.3, -0.25) is 4.79 Å². The number of aliphatic hydroxyl groups excluding tert-OH is 1. The number of aliphatic hydroxyl groups is 1. The Hall–Kier alpha value is -0.950. The standard InChI is InChI=1S/C12H19NO4S/c1-9(12(15)16-2)13-6-10(14)7-17-8-11-4-3-5-18-11/h3-5,9-10,13-14H,6-8H2,1-2H3. The van der Waals surface area contributed by atoms with Gasteiger partial charge in [-0.2, -0.15) is 0 Å². The predicted molar refractivity (Wildman–Crippen MR) is 69.5 cm³/mol. The molecule has 0 amide bonds. The maximum absolute atomic E-state index is 11.1. The van der Waals surface area contributed by atoms with Crippen LogP contribution in [0.25, 0.3) is 0 Å². The van der Waals surface area contributed by atoms with E-state index in [4.69, 9.17) is 4.74 Å². The SMILES string of the molecule is COC(=O)C(C)NCC(O)COCc1cccs1. The summed E-state index contributed by atoms with van der Waals surface area (Å²) in [6, 6.07) is 3.51. The van der Waals surface area contributed by atoms with Crippen molar-refractivity contribution < 1.29 is 19.4 Å². The fourth-order valence-corrected chi connectivity index (χ4v) is 1.96. The van der Waals surface area contributed by atoms with Crippen LogP contribution in [0.15, 0.2) is 17.5 Å². The van der Waals surface area contributed by atoms with E-state index in [1.165, 1.54) is 7.11 Å². The van der Waals surface area contributed by atoms with Gasteiger partial charge in [0.15, 0.2) is 0 Å². The second-order valence-electron chi connectivity index (χ2n) is 3.90. The van der Waals surface area contributed by atoms with Crippen molar-refractivity contribution in [2.45, 2.75) is 25.7 Å². The Morgan fingerprint density at radius 3 is 3.00 bits per heavy atom. The highest BCUT2D eigenvalue weighted by molar-refractivity contribution is 7.09. The number of carbonyl (C=O) groups excluding carboxylic acids is 1. The summed E-state index contributed by atoms with van der Waals surface area (Å²) >= 11 is 1.62. The molecule has 0 saturated carbocycles. The maximum Gasteiger partial charge on any atom is 0.322 e. The summed E-state index contributed by atoms with van der Waals surface area (Å²) in [4.78, 5) is 12.2. The number of nitrogens with one attached hydrogen (secondary N) is 1. The summed E-state index contributed by atoms with van der Waals surface area (Å²) in [6.45, 7) is 2.71. The van der Waals surface area contributed by atoms with Crippen molar-refractivity contribution >= 4 is 17.3 Å². The van der Waals surface area contributed by atoms with Gasteiger partial charge < -0.3 is 19.9 Å². The van der Waals surface area contributed by atoms with E-state index in [0.717, 1.165) is 4.88 Å². The summed E-state index contributed by atoms with van der Waals surface area (Å²) in [5, 5.41) is 14.5. The highest BCUT2D eigenvalue weighted by atomic mass is 32.1. The molecule has 0 aliphatic carbocycles. The first-order chi connectivity index (χ1) is 8.63. The Labute approximate surface area is 111 Å². The fourth-order valence-electron chi connectivity index (χ4n) is 1.32. The number of rotatable bonds is 8. The van der Waals surface area contributed by atoms with Gasteiger partial charge in [0, 0.05) is 11.4 Å². The van der Waals surface area contributed by atoms with Crippen molar-refractivity contribution in [1.82, 2.24) is 5.32 Å². The van der Waals surface area contributed by atoms with E-state index in [0.29, 0.717) is 13.2 Å². The molecule has 0 aromatic carbocycles. The van der Waals surface area contributed by atoms with Crippen LogP contribution >= 0.6 is 11.3 Å². The van der Waals surface area contributed by atoms with Gasteiger partial charge in [0.2, 0.25) is 0 Å². The Morgan fingerprint density at radius 1 is 1.61 bits per heavy atom. The molecule has 18 heavy (non-hydrogen) atoms. The van der Waals surface area contributed by atoms with Gasteiger partial charge in [0.25, 0.3) is 0 Å². The van der Waals surface area contributed by atoms with E-state index < -0.39 is 12.1 Å². The largest absolute Gasteiger partial charge is 0.468 e. The van der Waals surface area contributed by atoms with Crippen LogP contribution in [0.4, 0.5) is 0 Å². The van der Waals surface area contributed by atoms with Gasteiger partial charge in [0.05, 0.1) is 26.4 Å². The lowest BCUT2D eigenvalue weighted by atomic mass is 10.3. The quantitative estimate of drug-likeness (QED) is 0.685. The van der Waals surface area contributed by atoms with Crippen molar-refractivity contribution in [3.8, 4) is 0 Å². The molecule has 2 unspecified atom stereocenters. The molecule has 5 nitrogen and oxygen atoms in total. The lowest BCUT2D eigenvalue weighted by molar-refractivity contribution is -0.142. The Bertz CT molecular complexity index is 342. The van der Waals surface area contributed by atoms with Gasteiger partial charge in [-0.15, -0.1) is 11.3 Å². The van der Waals surface area contributed by atoms with Gasteiger partial charge in [-0.05, 0) is 18.4 Å². The van der Waals surface area contributed by atoms with E-state index in [2.05, 4.69) is 10.1 Å². The maximum atomic E-state index is 11.1. The lowest BCUT2D eigenvalue weighted by Gasteiger charge is -2.15. The number of esters is 1. The molecule has 1 aromatic heterocycles. The fraction of sp³-hybridized carbons (Fsp3) is 0.583. The molecule has 6 heteroatoms. The van der Waals surface area contributed by atoms with Crippen LogP contribution in [-0.4, -0.2) is 43.5 Å². The number of hydrogen-bond donors (Lipinski definition) is 2. The number of methoxy groups -OCH3 is 1. The molecule has 0 spiro atoms. The van der Waals surface area contributed by atoms with Crippen molar-refractivity contribution in [3.05, 3.63) is 22.4 Å². The third kappa shape index (κ3) is 5.59. The van der Waals surface area contributed by atoms with Crippen molar-refractivity contribution in [2.75, 3.05) is 20.3 Å². The summed E-state index contributed by atoms with van der Waals surface area (Å²) in [5.41, 5.74) is 0. The minimum atomic E-state index is -0.642. The number of hydrogen-bond acceptors (Lipinski definition) is 6. The average molecular weight is 273 g/mol. The van der Waals surface area contributed by atoms with Crippen LogP contribution in [0.1, 0.15) is 11.8 Å². The number of ether oxygens (including phenoxy) is 2. The zero-order chi connectivity index (χ0) is 13.4. The first-order valence-corrected chi connectivity index (χ1v) is 6.61. The molecule has 102 valence electrons. The molecule has 0 radical (unpaired) electrons. The van der Waals surface area contributed by atoms with Gasteiger partial charge in [0.1, 0.15) is 6.04 Å².